The Bertz CT molecular complexity index is 1030. The van der Waals surface area contributed by atoms with Gasteiger partial charge in [0.1, 0.15) is 5.82 Å². The van der Waals surface area contributed by atoms with Crippen molar-refractivity contribution in [2.75, 3.05) is 6.54 Å². The molecule has 3 aromatic rings. The quantitative estimate of drug-likeness (QED) is 0.686. The van der Waals surface area contributed by atoms with E-state index in [-0.39, 0.29) is 6.54 Å². The van der Waals surface area contributed by atoms with E-state index in [1.54, 1.807) is 6.07 Å². The molecular formula is C20H22N4O2S. The number of benzene rings is 2. The maximum absolute atomic E-state index is 12.6. The summed E-state index contributed by atoms with van der Waals surface area (Å²) in [6.45, 7) is 0.267. The molecule has 4 rings (SSSR count). The molecule has 0 fully saturated rings. The molecular weight excluding hydrogens is 360 g/mol. The lowest BCUT2D eigenvalue weighted by molar-refractivity contribution is 0.580. The van der Waals surface area contributed by atoms with Crippen molar-refractivity contribution in [2.45, 2.75) is 37.0 Å². The fourth-order valence-corrected chi connectivity index (χ4v) is 4.47. The van der Waals surface area contributed by atoms with Crippen LogP contribution in [0.25, 0.3) is 11.4 Å². The van der Waals surface area contributed by atoms with E-state index in [9.17, 15) is 8.42 Å². The first-order valence-electron chi connectivity index (χ1n) is 9.20. The average Bonchev–Trinajstić information content (AvgIpc) is 3.17. The van der Waals surface area contributed by atoms with Crippen LogP contribution in [0.5, 0.6) is 0 Å². The van der Waals surface area contributed by atoms with E-state index in [1.165, 1.54) is 12.0 Å². The van der Waals surface area contributed by atoms with Crippen molar-refractivity contribution in [1.82, 2.24) is 19.9 Å². The van der Waals surface area contributed by atoms with Gasteiger partial charge in [0.15, 0.2) is 5.82 Å². The summed E-state index contributed by atoms with van der Waals surface area (Å²) in [5.74, 6) is 1.27. The Morgan fingerprint density at radius 1 is 1.00 bits per heavy atom. The molecule has 2 aromatic carbocycles. The van der Waals surface area contributed by atoms with Crippen molar-refractivity contribution in [2.24, 2.45) is 0 Å². The third kappa shape index (κ3) is 4.09. The summed E-state index contributed by atoms with van der Waals surface area (Å²) in [5.41, 5.74) is 3.36. The normalized spacial score (nSPS) is 14.1. The van der Waals surface area contributed by atoms with Crippen LogP contribution >= 0.6 is 0 Å². The zero-order valence-electron chi connectivity index (χ0n) is 15.0. The van der Waals surface area contributed by atoms with Gasteiger partial charge in [-0.1, -0.05) is 36.4 Å². The molecule has 0 saturated carbocycles. The zero-order valence-corrected chi connectivity index (χ0v) is 15.8. The highest BCUT2D eigenvalue weighted by Gasteiger charge is 2.17. The standard InChI is InChI=1S/C20H22N4O2S/c25-27(26,18-11-10-15-6-4-5-9-17(15)14-18)21-13-12-19-22-20(24-23-19)16-7-2-1-3-8-16/h1-3,7-8,10-11,14,21H,4-6,9,12-13H2,(H,22,23,24). The molecule has 1 aromatic heterocycles. The smallest absolute Gasteiger partial charge is 0.240 e. The van der Waals surface area contributed by atoms with Crippen LogP contribution in [-0.2, 0) is 29.3 Å². The number of fused-ring (bicyclic) bond motifs is 1. The first-order chi connectivity index (χ1) is 13.1. The Morgan fingerprint density at radius 3 is 2.59 bits per heavy atom. The summed E-state index contributed by atoms with van der Waals surface area (Å²) < 4.78 is 27.8. The number of nitrogens with one attached hydrogen (secondary N) is 2. The van der Waals surface area contributed by atoms with E-state index in [0.29, 0.717) is 23.0 Å². The van der Waals surface area contributed by atoms with Crippen LogP contribution in [0.3, 0.4) is 0 Å². The minimum absolute atomic E-state index is 0.267. The highest BCUT2D eigenvalue weighted by atomic mass is 32.2. The van der Waals surface area contributed by atoms with Gasteiger partial charge in [0.05, 0.1) is 4.90 Å². The van der Waals surface area contributed by atoms with Crippen LogP contribution in [0.4, 0.5) is 0 Å². The van der Waals surface area contributed by atoms with Crippen molar-refractivity contribution in [1.29, 1.82) is 0 Å². The second-order valence-corrected chi connectivity index (χ2v) is 8.52. The predicted molar refractivity (Wildman–Crippen MR) is 104 cm³/mol. The number of aryl methyl sites for hydroxylation is 2. The van der Waals surface area contributed by atoms with Gasteiger partial charge in [0.2, 0.25) is 10.0 Å². The first-order valence-corrected chi connectivity index (χ1v) is 10.7. The average molecular weight is 382 g/mol. The van der Waals surface area contributed by atoms with E-state index in [1.807, 2.05) is 42.5 Å². The van der Waals surface area contributed by atoms with E-state index >= 15 is 0 Å². The number of hydrogen-bond acceptors (Lipinski definition) is 4. The Labute approximate surface area is 159 Å². The molecule has 0 saturated heterocycles. The van der Waals surface area contributed by atoms with Crippen LogP contribution in [-0.4, -0.2) is 30.1 Å². The topological polar surface area (TPSA) is 87.7 Å². The van der Waals surface area contributed by atoms with Crippen molar-refractivity contribution in [3.8, 4) is 11.4 Å². The van der Waals surface area contributed by atoms with Gasteiger partial charge in [0.25, 0.3) is 0 Å². The van der Waals surface area contributed by atoms with Gasteiger partial charge in [0, 0.05) is 18.5 Å². The number of aromatic nitrogens is 3. The number of rotatable bonds is 6. The van der Waals surface area contributed by atoms with Crippen molar-refractivity contribution in [3.05, 3.63) is 65.5 Å². The molecule has 0 amide bonds. The lowest BCUT2D eigenvalue weighted by Crippen LogP contribution is -2.26. The van der Waals surface area contributed by atoms with Crippen molar-refractivity contribution < 1.29 is 8.42 Å². The number of nitrogens with zero attached hydrogens (tertiary/aromatic N) is 2. The minimum Gasteiger partial charge on any atom is -0.263 e. The van der Waals surface area contributed by atoms with E-state index in [0.717, 1.165) is 30.4 Å². The van der Waals surface area contributed by atoms with Gasteiger partial charge in [-0.05, 0) is 48.9 Å². The summed E-state index contributed by atoms with van der Waals surface area (Å²) in [6.07, 6.45) is 4.75. The molecule has 0 radical (unpaired) electrons. The Balaban J connectivity index is 1.39. The molecule has 0 spiro atoms. The summed E-state index contributed by atoms with van der Waals surface area (Å²) in [6, 6.07) is 15.1. The molecule has 0 bridgehead atoms. The molecule has 0 aliphatic heterocycles. The molecule has 0 unspecified atom stereocenters. The molecule has 6 nitrogen and oxygen atoms in total. The maximum atomic E-state index is 12.6. The van der Waals surface area contributed by atoms with Crippen LogP contribution in [0.15, 0.2) is 53.4 Å². The molecule has 0 atom stereocenters. The van der Waals surface area contributed by atoms with Gasteiger partial charge in [-0.2, -0.15) is 5.10 Å². The van der Waals surface area contributed by atoms with E-state index < -0.39 is 10.0 Å². The molecule has 140 valence electrons. The highest BCUT2D eigenvalue weighted by Crippen LogP contribution is 2.24. The summed E-state index contributed by atoms with van der Waals surface area (Å²) in [4.78, 5) is 4.77. The fraction of sp³-hybridized carbons (Fsp3) is 0.300. The second kappa shape index (κ2) is 7.62. The second-order valence-electron chi connectivity index (χ2n) is 6.76. The van der Waals surface area contributed by atoms with Gasteiger partial charge in [-0.3, -0.25) is 5.10 Å². The minimum atomic E-state index is -3.52. The van der Waals surface area contributed by atoms with Crippen molar-refractivity contribution in [3.63, 3.8) is 0 Å². The SMILES string of the molecule is O=S(=O)(NCCc1nc(-c2ccccc2)n[nH]1)c1ccc2c(c1)CCCC2. The number of aromatic amines is 1. The largest absolute Gasteiger partial charge is 0.263 e. The summed E-state index contributed by atoms with van der Waals surface area (Å²) in [5, 5.41) is 7.07. The Kier molecular flexibility index (Phi) is 5.05. The van der Waals surface area contributed by atoms with Crippen LogP contribution in [0.1, 0.15) is 29.8 Å². The molecule has 2 N–H and O–H groups in total. The Morgan fingerprint density at radius 2 is 1.78 bits per heavy atom. The van der Waals surface area contributed by atoms with Gasteiger partial charge in [-0.25, -0.2) is 18.1 Å². The van der Waals surface area contributed by atoms with E-state index in [2.05, 4.69) is 19.9 Å². The molecule has 1 aliphatic rings. The van der Waals surface area contributed by atoms with E-state index in [4.69, 9.17) is 0 Å². The predicted octanol–water partition coefficient (Wildman–Crippen LogP) is 2.87. The van der Waals surface area contributed by atoms with Crippen LogP contribution in [0, 0.1) is 0 Å². The van der Waals surface area contributed by atoms with Gasteiger partial charge in [-0.15, -0.1) is 0 Å². The fourth-order valence-electron chi connectivity index (χ4n) is 3.39. The zero-order chi connectivity index (χ0) is 18.7. The highest BCUT2D eigenvalue weighted by molar-refractivity contribution is 7.89. The third-order valence-electron chi connectivity index (χ3n) is 4.85. The van der Waals surface area contributed by atoms with Crippen LogP contribution < -0.4 is 4.72 Å². The molecule has 7 heteroatoms. The summed E-state index contributed by atoms with van der Waals surface area (Å²) in [7, 11) is -3.52. The lowest BCUT2D eigenvalue weighted by atomic mass is 9.92. The first kappa shape index (κ1) is 17.9. The maximum Gasteiger partial charge on any atom is 0.240 e. The molecule has 1 aliphatic carbocycles. The van der Waals surface area contributed by atoms with Gasteiger partial charge >= 0.3 is 0 Å². The molecule has 27 heavy (non-hydrogen) atoms. The Hall–Kier alpha value is -2.51. The van der Waals surface area contributed by atoms with Crippen molar-refractivity contribution >= 4 is 10.0 Å². The van der Waals surface area contributed by atoms with Gasteiger partial charge < -0.3 is 0 Å². The molecule has 1 heterocycles. The number of H-pyrrole nitrogens is 1. The summed E-state index contributed by atoms with van der Waals surface area (Å²) >= 11 is 0. The number of sulfonamides is 1. The lowest BCUT2D eigenvalue weighted by Gasteiger charge is -2.16. The van der Waals surface area contributed by atoms with Crippen LogP contribution in [0.2, 0.25) is 0 Å². The number of hydrogen-bond donors (Lipinski definition) is 2. The monoisotopic (exact) mass is 382 g/mol. The third-order valence-corrected chi connectivity index (χ3v) is 6.31.